The number of methoxy groups -OCH3 is 1. The highest BCUT2D eigenvalue weighted by Gasteiger charge is 2.10. The SMILES string of the molecule is CCc1nnc(SCCOc2ccc(C=O)cc2OC)n1CC. The fourth-order valence-corrected chi connectivity index (χ4v) is 3.00. The Kier molecular flexibility index (Phi) is 6.46. The van der Waals surface area contributed by atoms with Crippen molar-refractivity contribution in [2.75, 3.05) is 19.5 Å². The lowest BCUT2D eigenvalue weighted by Gasteiger charge is -2.11. The summed E-state index contributed by atoms with van der Waals surface area (Å²) in [6, 6.07) is 5.12. The van der Waals surface area contributed by atoms with Crippen LogP contribution < -0.4 is 9.47 Å². The van der Waals surface area contributed by atoms with Gasteiger partial charge in [0.15, 0.2) is 16.7 Å². The van der Waals surface area contributed by atoms with Crippen molar-refractivity contribution in [2.45, 2.75) is 32.0 Å². The Morgan fingerprint density at radius 3 is 2.74 bits per heavy atom. The van der Waals surface area contributed by atoms with Crippen LogP contribution in [-0.4, -0.2) is 40.5 Å². The van der Waals surface area contributed by atoms with E-state index in [-0.39, 0.29) is 0 Å². The van der Waals surface area contributed by atoms with Crippen molar-refractivity contribution in [3.8, 4) is 11.5 Å². The molecule has 0 saturated heterocycles. The molecule has 2 aromatic rings. The molecule has 2 rings (SSSR count). The van der Waals surface area contributed by atoms with Crippen molar-refractivity contribution < 1.29 is 14.3 Å². The molecule has 1 aromatic carbocycles. The minimum atomic E-state index is 0.513. The van der Waals surface area contributed by atoms with Gasteiger partial charge in [-0.15, -0.1) is 10.2 Å². The molecule has 124 valence electrons. The summed E-state index contributed by atoms with van der Waals surface area (Å²) < 4.78 is 13.1. The normalized spacial score (nSPS) is 10.6. The van der Waals surface area contributed by atoms with Gasteiger partial charge in [-0.25, -0.2) is 0 Å². The summed E-state index contributed by atoms with van der Waals surface area (Å²) in [4.78, 5) is 10.8. The number of carbonyl (C=O) groups excluding carboxylic acids is 1. The molecule has 0 atom stereocenters. The predicted octanol–water partition coefficient (Wildman–Crippen LogP) is 2.85. The third-order valence-corrected chi connectivity index (χ3v) is 4.25. The van der Waals surface area contributed by atoms with Gasteiger partial charge in [-0.1, -0.05) is 18.7 Å². The molecule has 0 saturated carbocycles. The fraction of sp³-hybridized carbons (Fsp3) is 0.438. The van der Waals surface area contributed by atoms with E-state index in [1.807, 2.05) is 0 Å². The van der Waals surface area contributed by atoms with Crippen LogP contribution in [0.15, 0.2) is 23.4 Å². The molecule has 6 nitrogen and oxygen atoms in total. The Labute approximate surface area is 140 Å². The number of hydrogen-bond donors (Lipinski definition) is 0. The Morgan fingerprint density at radius 1 is 1.26 bits per heavy atom. The molecule has 0 spiro atoms. The van der Waals surface area contributed by atoms with Crippen LogP contribution in [0.3, 0.4) is 0 Å². The van der Waals surface area contributed by atoms with Crippen LogP contribution in [-0.2, 0) is 13.0 Å². The molecule has 0 aliphatic rings. The number of nitrogens with zero attached hydrogens (tertiary/aromatic N) is 3. The summed E-state index contributed by atoms with van der Waals surface area (Å²) in [5, 5.41) is 9.32. The summed E-state index contributed by atoms with van der Waals surface area (Å²) in [6.07, 6.45) is 1.66. The van der Waals surface area contributed by atoms with Crippen LogP contribution >= 0.6 is 11.8 Å². The number of rotatable bonds is 9. The maximum atomic E-state index is 10.8. The average molecular weight is 335 g/mol. The highest BCUT2D eigenvalue weighted by Crippen LogP contribution is 2.28. The molecular weight excluding hydrogens is 314 g/mol. The molecule has 0 aliphatic heterocycles. The van der Waals surface area contributed by atoms with Crippen LogP contribution in [0, 0.1) is 0 Å². The maximum Gasteiger partial charge on any atom is 0.191 e. The molecule has 23 heavy (non-hydrogen) atoms. The van der Waals surface area contributed by atoms with Crippen LogP contribution in [0.5, 0.6) is 11.5 Å². The van der Waals surface area contributed by atoms with E-state index in [1.165, 1.54) is 0 Å². The van der Waals surface area contributed by atoms with Gasteiger partial charge in [-0.2, -0.15) is 0 Å². The summed E-state index contributed by atoms with van der Waals surface area (Å²) in [5.74, 6) is 2.94. The zero-order valence-electron chi connectivity index (χ0n) is 13.6. The topological polar surface area (TPSA) is 66.2 Å². The highest BCUT2D eigenvalue weighted by molar-refractivity contribution is 7.99. The second-order valence-electron chi connectivity index (χ2n) is 4.72. The zero-order chi connectivity index (χ0) is 16.7. The van der Waals surface area contributed by atoms with Crippen LogP contribution in [0.1, 0.15) is 30.0 Å². The first kappa shape index (κ1) is 17.3. The van der Waals surface area contributed by atoms with Gasteiger partial charge in [0.2, 0.25) is 0 Å². The monoisotopic (exact) mass is 335 g/mol. The first-order valence-corrected chi connectivity index (χ1v) is 8.52. The lowest BCUT2D eigenvalue weighted by Crippen LogP contribution is -2.05. The standard InChI is InChI=1S/C16H21N3O3S/c1-4-15-17-18-16(19(15)5-2)23-9-8-22-13-7-6-12(11-20)10-14(13)21-3/h6-7,10-11H,4-5,8-9H2,1-3H3. The van der Waals surface area contributed by atoms with Crippen molar-refractivity contribution in [3.05, 3.63) is 29.6 Å². The van der Waals surface area contributed by atoms with E-state index in [0.29, 0.717) is 23.7 Å². The van der Waals surface area contributed by atoms with E-state index < -0.39 is 0 Å². The number of ether oxygens (including phenoxy) is 2. The van der Waals surface area contributed by atoms with Gasteiger partial charge >= 0.3 is 0 Å². The molecule has 0 N–H and O–H groups in total. The molecule has 0 unspecified atom stereocenters. The van der Waals surface area contributed by atoms with Gasteiger partial charge in [-0.05, 0) is 25.1 Å². The van der Waals surface area contributed by atoms with Crippen LogP contribution in [0.4, 0.5) is 0 Å². The molecular formula is C16H21N3O3S. The second-order valence-corrected chi connectivity index (χ2v) is 5.78. The summed E-state index contributed by atoms with van der Waals surface area (Å²) >= 11 is 1.62. The number of aryl methyl sites for hydroxylation is 1. The summed E-state index contributed by atoms with van der Waals surface area (Å²) in [7, 11) is 1.56. The van der Waals surface area contributed by atoms with Crippen molar-refractivity contribution in [2.24, 2.45) is 0 Å². The number of benzene rings is 1. The summed E-state index contributed by atoms with van der Waals surface area (Å²) in [5.41, 5.74) is 0.562. The number of thioether (sulfide) groups is 1. The Bertz CT molecular complexity index is 658. The lowest BCUT2D eigenvalue weighted by atomic mass is 10.2. The van der Waals surface area contributed by atoms with Crippen molar-refractivity contribution in [3.63, 3.8) is 0 Å². The van der Waals surface area contributed by atoms with Gasteiger partial charge in [0.25, 0.3) is 0 Å². The van der Waals surface area contributed by atoms with Crippen LogP contribution in [0.2, 0.25) is 0 Å². The molecule has 0 aliphatic carbocycles. The average Bonchev–Trinajstić information content (AvgIpc) is 3.00. The second kappa shape index (κ2) is 8.57. The van der Waals surface area contributed by atoms with Gasteiger partial charge < -0.3 is 14.0 Å². The zero-order valence-corrected chi connectivity index (χ0v) is 14.4. The highest BCUT2D eigenvalue weighted by atomic mass is 32.2. The molecule has 0 bridgehead atoms. The lowest BCUT2D eigenvalue weighted by molar-refractivity contribution is 0.112. The smallest absolute Gasteiger partial charge is 0.191 e. The third kappa shape index (κ3) is 4.25. The van der Waals surface area contributed by atoms with Gasteiger partial charge in [0, 0.05) is 24.3 Å². The van der Waals surface area contributed by atoms with E-state index in [0.717, 1.165) is 36.0 Å². The Morgan fingerprint density at radius 2 is 2.09 bits per heavy atom. The van der Waals surface area contributed by atoms with Crippen molar-refractivity contribution in [1.29, 1.82) is 0 Å². The van der Waals surface area contributed by atoms with E-state index in [2.05, 4.69) is 28.6 Å². The maximum absolute atomic E-state index is 10.8. The van der Waals surface area contributed by atoms with Crippen molar-refractivity contribution >= 4 is 18.0 Å². The quantitative estimate of drug-likeness (QED) is 0.399. The van der Waals surface area contributed by atoms with Gasteiger partial charge in [-0.3, -0.25) is 4.79 Å². The van der Waals surface area contributed by atoms with E-state index in [9.17, 15) is 4.79 Å². The first-order chi connectivity index (χ1) is 11.2. The van der Waals surface area contributed by atoms with E-state index >= 15 is 0 Å². The predicted molar refractivity (Wildman–Crippen MR) is 89.7 cm³/mol. The van der Waals surface area contributed by atoms with Gasteiger partial charge in [0.1, 0.15) is 12.1 Å². The molecule has 1 heterocycles. The molecule has 0 fully saturated rings. The summed E-state index contributed by atoms with van der Waals surface area (Å²) in [6.45, 7) is 5.53. The molecule has 1 aromatic heterocycles. The van der Waals surface area contributed by atoms with Crippen molar-refractivity contribution in [1.82, 2.24) is 14.8 Å². The molecule has 0 radical (unpaired) electrons. The first-order valence-electron chi connectivity index (χ1n) is 7.54. The number of aromatic nitrogens is 3. The Hall–Kier alpha value is -2.02. The van der Waals surface area contributed by atoms with Gasteiger partial charge in [0.05, 0.1) is 13.7 Å². The molecule has 7 heteroatoms. The van der Waals surface area contributed by atoms with Crippen LogP contribution in [0.25, 0.3) is 0 Å². The third-order valence-electron chi connectivity index (χ3n) is 3.32. The van der Waals surface area contributed by atoms with E-state index in [1.54, 1.807) is 37.1 Å². The largest absolute Gasteiger partial charge is 0.493 e. The number of carbonyl (C=O) groups is 1. The minimum absolute atomic E-state index is 0.513. The number of aldehydes is 1. The van der Waals surface area contributed by atoms with E-state index in [4.69, 9.17) is 9.47 Å². The minimum Gasteiger partial charge on any atom is -0.493 e. The Balaban J connectivity index is 1.91. The molecule has 0 amide bonds. The fourth-order valence-electron chi connectivity index (χ4n) is 2.17. The number of hydrogen-bond acceptors (Lipinski definition) is 6.